The average molecular weight is 212 g/mol. The molecule has 0 bridgehead atoms. The van der Waals surface area contributed by atoms with E-state index in [1.807, 2.05) is 6.92 Å². The summed E-state index contributed by atoms with van der Waals surface area (Å²) in [5.41, 5.74) is 1.72. The molecule has 0 aromatic carbocycles. The normalized spacial score (nSPS) is 15.2. The molecule has 1 aromatic rings. The lowest BCUT2D eigenvalue weighted by Gasteiger charge is -2.13. The molecule has 5 heteroatoms. The molecule has 0 radical (unpaired) electrons. The Labute approximate surface area is 86.3 Å². The van der Waals surface area contributed by atoms with Gasteiger partial charge in [-0.3, -0.25) is 4.79 Å². The maximum Gasteiger partial charge on any atom is 0.309 e. The molecule has 0 unspecified atom stereocenters. The van der Waals surface area contributed by atoms with Gasteiger partial charge in [-0.05, 0) is 13.3 Å². The molecule has 0 spiro atoms. The molecule has 14 heavy (non-hydrogen) atoms. The van der Waals surface area contributed by atoms with Crippen molar-refractivity contribution < 1.29 is 9.90 Å². The van der Waals surface area contributed by atoms with Crippen LogP contribution in [0.5, 0.6) is 0 Å². The van der Waals surface area contributed by atoms with Crippen LogP contribution in [-0.2, 0) is 17.8 Å². The molecule has 76 valence electrons. The van der Waals surface area contributed by atoms with Crippen molar-refractivity contribution in [2.24, 2.45) is 0 Å². The fraction of sp³-hybridized carbons (Fsp3) is 0.556. The topological polar surface area (TPSA) is 55.1 Å². The Kier molecular flexibility index (Phi) is 2.50. The van der Waals surface area contributed by atoms with Gasteiger partial charge in [0.05, 0.1) is 12.1 Å². The van der Waals surface area contributed by atoms with Gasteiger partial charge in [-0.1, -0.05) is 11.8 Å². The summed E-state index contributed by atoms with van der Waals surface area (Å²) in [5.74, 6) is 0.275. The SMILES string of the molecule is Cc1c(CC(=O)O)nc2n1CCCS2. The van der Waals surface area contributed by atoms with Crippen LogP contribution < -0.4 is 0 Å². The van der Waals surface area contributed by atoms with Crippen LogP contribution in [0.15, 0.2) is 5.16 Å². The predicted octanol–water partition coefficient (Wildman–Crippen LogP) is 1.31. The number of fused-ring (bicyclic) bond motifs is 1. The highest BCUT2D eigenvalue weighted by atomic mass is 32.2. The van der Waals surface area contributed by atoms with Crippen LogP contribution in [0, 0.1) is 6.92 Å². The summed E-state index contributed by atoms with van der Waals surface area (Å²) in [7, 11) is 0. The minimum absolute atomic E-state index is 0.0341. The highest BCUT2D eigenvalue weighted by Crippen LogP contribution is 2.26. The van der Waals surface area contributed by atoms with Crippen LogP contribution in [0.3, 0.4) is 0 Å². The third kappa shape index (κ3) is 1.64. The van der Waals surface area contributed by atoms with Gasteiger partial charge in [0.1, 0.15) is 0 Å². The average Bonchev–Trinajstić information content (AvgIpc) is 2.44. The third-order valence-corrected chi connectivity index (χ3v) is 3.42. The van der Waals surface area contributed by atoms with E-state index >= 15 is 0 Å². The van der Waals surface area contributed by atoms with E-state index in [2.05, 4.69) is 9.55 Å². The number of thioether (sulfide) groups is 1. The van der Waals surface area contributed by atoms with E-state index in [9.17, 15) is 4.79 Å². The van der Waals surface area contributed by atoms with Crippen molar-refractivity contribution in [1.29, 1.82) is 0 Å². The van der Waals surface area contributed by atoms with Crippen LogP contribution in [0.1, 0.15) is 17.8 Å². The number of nitrogens with zero attached hydrogens (tertiary/aromatic N) is 2. The summed E-state index contributed by atoms with van der Waals surface area (Å²) in [5, 5.41) is 9.67. The van der Waals surface area contributed by atoms with Gasteiger partial charge >= 0.3 is 5.97 Å². The zero-order valence-corrected chi connectivity index (χ0v) is 8.80. The fourth-order valence-electron chi connectivity index (χ4n) is 1.63. The Morgan fingerprint density at radius 3 is 3.14 bits per heavy atom. The first-order chi connectivity index (χ1) is 6.68. The monoisotopic (exact) mass is 212 g/mol. The molecular weight excluding hydrogens is 200 g/mol. The number of carbonyl (C=O) groups is 1. The largest absolute Gasteiger partial charge is 0.481 e. The van der Waals surface area contributed by atoms with E-state index in [-0.39, 0.29) is 6.42 Å². The number of rotatable bonds is 2. The summed E-state index contributed by atoms with van der Waals surface area (Å²) < 4.78 is 2.12. The van der Waals surface area contributed by atoms with Crippen LogP contribution in [0.2, 0.25) is 0 Å². The van der Waals surface area contributed by atoms with Gasteiger partial charge in [-0.15, -0.1) is 0 Å². The minimum atomic E-state index is -0.812. The van der Waals surface area contributed by atoms with Crippen molar-refractivity contribution in [3.05, 3.63) is 11.4 Å². The predicted molar refractivity (Wildman–Crippen MR) is 53.6 cm³/mol. The van der Waals surface area contributed by atoms with Crippen molar-refractivity contribution in [3.63, 3.8) is 0 Å². The molecule has 2 heterocycles. The Balaban J connectivity index is 2.33. The van der Waals surface area contributed by atoms with Crippen LogP contribution >= 0.6 is 11.8 Å². The fourth-order valence-corrected chi connectivity index (χ4v) is 2.64. The maximum absolute atomic E-state index is 10.6. The van der Waals surface area contributed by atoms with Crippen molar-refractivity contribution in [1.82, 2.24) is 9.55 Å². The molecule has 0 atom stereocenters. The quantitative estimate of drug-likeness (QED) is 0.803. The van der Waals surface area contributed by atoms with Gasteiger partial charge in [0.2, 0.25) is 0 Å². The second-order valence-electron chi connectivity index (χ2n) is 3.35. The second kappa shape index (κ2) is 3.65. The highest BCUT2D eigenvalue weighted by Gasteiger charge is 2.18. The van der Waals surface area contributed by atoms with Crippen molar-refractivity contribution in [2.75, 3.05) is 5.75 Å². The lowest BCUT2D eigenvalue weighted by Crippen LogP contribution is -2.08. The number of carboxylic acid groups (broad SMARTS) is 1. The molecule has 4 nitrogen and oxygen atoms in total. The van der Waals surface area contributed by atoms with E-state index in [4.69, 9.17) is 5.11 Å². The molecule has 1 aromatic heterocycles. The molecule has 0 amide bonds. The first-order valence-corrected chi connectivity index (χ1v) is 5.57. The molecule has 0 aliphatic carbocycles. The lowest BCUT2D eigenvalue weighted by molar-refractivity contribution is -0.136. The summed E-state index contributed by atoms with van der Waals surface area (Å²) in [4.78, 5) is 14.9. The molecule has 1 N–H and O–H groups in total. The van der Waals surface area contributed by atoms with E-state index < -0.39 is 5.97 Å². The van der Waals surface area contributed by atoms with E-state index in [1.165, 1.54) is 0 Å². The molecule has 1 aliphatic heterocycles. The van der Waals surface area contributed by atoms with Crippen molar-refractivity contribution in [3.8, 4) is 0 Å². The zero-order valence-electron chi connectivity index (χ0n) is 7.99. The van der Waals surface area contributed by atoms with E-state index in [0.29, 0.717) is 5.69 Å². The summed E-state index contributed by atoms with van der Waals surface area (Å²) in [6, 6.07) is 0. The lowest BCUT2D eigenvalue weighted by atomic mass is 10.2. The highest BCUT2D eigenvalue weighted by molar-refractivity contribution is 7.99. The van der Waals surface area contributed by atoms with Gasteiger partial charge in [-0.25, -0.2) is 4.98 Å². The number of aliphatic carboxylic acids is 1. The third-order valence-electron chi connectivity index (χ3n) is 2.36. The molecule has 0 saturated heterocycles. The second-order valence-corrected chi connectivity index (χ2v) is 4.41. The Morgan fingerprint density at radius 1 is 1.71 bits per heavy atom. The maximum atomic E-state index is 10.6. The van der Waals surface area contributed by atoms with Gasteiger partial charge < -0.3 is 9.67 Å². The van der Waals surface area contributed by atoms with Crippen molar-refractivity contribution >= 4 is 17.7 Å². The standard InChI is InChI=1S/C9H12N2O2S/c1-6-7(5-8(12)13)10-9-11(6)3-2-4-14-9/h2-5H2,1H3,(H,12,13). The Morgan fingerprint density at radius 2 is 2.50 bits per heavy atom. The molecule has 1 aliphatic rings. The van der Waals surface area contributed by atoms with Crippen LogP contribution in [-0.4, -0.2) is 26.4 Å². The zero-order chi connectivity index (χ0) is 10.1. The summed E-state index contributed by atoms with van der Waals surface area (Å²) >= 11 is 1.71. The van der Waals surface area contributed by atoms with Gasteiger partial charge in [0.25, 0.3) is 0 Å². The molecule has 0 fully saturated rings. The van der Waals surface area contributed by atoms with E-state index in [1.54, 1.807) is 11.8 Å². The first kappa shape index (κ1) is 9.58. The van der Waals surface area contributed by atoms with Gasteiger partial charge in [-0.2, -0.15) is 0 Å². The van der Waals surface area contributed by atoms with Crippen molar-refractivity contribution in [2.45, 2.75) is 31.5 Å². The molecule has 2 rings (SSSR count). The number of imidazole rings is 1. The summed E-state index contributed by atoms with van der Waals surface area (Å²) in [6.45, 7) is 2.92. The molecular formula is C9H12N2O2S. The number of hydrogen-bond donors (Lipinski definition) is 1. The number of aromatic nitrogens is 2. The number of carboxylic acids is 1. The minimum Gasteiger partial charge on any atom is -0.481 e. The van der Waals surface area contributed by atoms with Crippen LogP contribution in [0.25, 0.3) is 0 Å². The first-order valence-electron chi connectivity index (χ1n) is 4.59. The molecule has 0 saturated carbocycles. The number of hydrogen-bond acceptors (Lipinski definition) is 3. The smallest absolute Gasteiger partial charge is 0.309 e. The Bertz CT molecular complexity index is 373. The Hall–Kier alpha value is -0.970. The summed E-state index contributed by atoms with van der Waals surface area (Å²) in [6.07, 6.45) is 1.17. The van der Waals surface area contributed by atoms with Gasteiger partial charge in [0.15, 0.2) is 5.16 Å². The van der Waals surface area contributed by atoms with Gasteiger partial charge in [0, 0.05) is 18.0 Å². The van der Waals surface area contributed by atoms with Crippen LogP contribution in [0.4, 0.5) is 0 Å². The van der Waals surface area contributed by atoms with E-state index in [0.717, 1.165) is 29.6 Å².